The van der Waals surface area contributed by atoms with Gasteiger partial charge in [-0.1, -0.05) is 13.0 Å². The second-order valence-electron chi connectivity index (χ2n) is 8.20. The van der Waals surface area contributed by atoms with Crippen LogP contribution >= 0.6 is 0 Å². The first-order chi connectivity index (χ1) is 17.5. The van der Waals surface area contributed by atoms with Crippen LogP contribution in [-0.4, -0.2) is 73.7 Å². The van der Waals surface area contributed by atoms with Crippen molar-refractivity contribution in [3.05, 3.63) is 59.4 Å². The maximum Gasteiger partial charge on any atom is 0.472 e. The molecular formula is C24H27F4N5O4. The second kappa shape index (κ2) is 11.9. The van der Waals surface area contributed by atoms with Crippen molar-refractivity contribution in [2.75, 3.05) is 44.7 Å². The number of carbonyl (C=O) groups is 3. The van der Waals surface area contributed by atoms with Gasteiger partial charge in [-0.25, -0.2) is 9.18 Å². The van der Waals surface area contributed by atoms with E-state index in [9.17, 15) is 31.9 Å². The number of hydrogen-bond donors (Lipinski definition) is 2. The first kappa shape index (κ1) is 27.7. The summed E-state index contributed by atoms with van der Waals surface area (Å²) in [6, 6.07) is 9.62. The second-order valence-corrected chi connectivity index (χ2v) is 8.20. The fourth-order valence-corrected chi connectivity index (χ4v) is 3.70. The molecule has 0 aromatic heterocycles. The largest absolute Gasteiger partial charge is 0.497 e. The number of halogens is 4. The van der Waals surface area contributed by atoms with Crippen molar-refractivity contribution in [3.8, 4) is 5.75 Å². The maximum atomic E-state index is 15.0. The lowest BCUT2D eigenvalue weighted by molar-refractivity contribution is -0.174. The molecule has 1 aliphatic rings. The highest BCUT2D eigenvalue weighted by molar-refractivity contribution is 5.96. The molecule has 200 valence electrons. The summed E-state index contributed by atoms with van der Waals surface area (Å²) in [5.41, 5.74) is 3.06. The number of nitrogens with one attached hydrogen (secondary N) is 2. The van der Waals surface area contributed by atoms with E-state index < -0.39 is 23.8 Å². The summed E-state index contributed by atoms with van der Waals surface area (Å²) in [5, 5.41) is 0. The minimum Gasteiger partial charge on any atom is -0.497 e. The number of benzene rings is 2. The zero-order valence-corrected chi connectivity index (χ0v) is 20.3. The highest BCUT2D eigenvalue weighted by Crippen LogP contribution is 2.24. The van der Waals surface area contributed by atoms with Gasteiger partial charge in [-0.05, 0) is 42.9 Å². The van der Waals surface area contributed by atoms with Crippen LogP contribution in [-0.2, 0) is 11.3 Å². The summed E-state index contributed by atoms with van der Waals surface area (Å²) in [5.74, 6) is -3.78. The van der Waals surface area contributed by atoms with Crippen molar-refractivity contribution in [3.63, 3.8) is 0 Å². The Bertz CT molecular complexity index is 1120. The van der Waals surface area contributed by atoms with E-state index in [1.54, 1.807) is 34.6 Å². The van der Waals surface area contributed by atoms with Crippen LogP contribution in [0.2, 0.25) is 0 Å². The Morgan fingerprint density at radius 3 is 2.19 bits per heavy atom. The molecule has 0 spiro atoms. The van der Waals surface area contributed by atoms with Crippen LogP contribution in [0.1, 0.15) is 22.8 Å². The van der Waals surface area contributed by atoms with Gasteiger partial charge >= 0.3 is 18.1 Å². The predicted octanol–water partition coefficient (Wildman–Crippen LogP) is 2.92. The summed E-state index contributed by atoms with van der Waals surface area (Å²) < 4.78 is 57.0. The fraction of sp³-hybridized carbons (Fsp3) is 0.375. The third kappa shape index (κ3) is 7.09. The minimum absolute atomic E-state index is 0.0761. The SMILES string of the molecule is CCN1CCN(C(=O)N(Cc2ccc(C(=O)NNC(=O)C(F)(F)F)cc2F)c2ccc(OC)cc2)CC1. The molecule has 1 saturated heterocycles. The quantitative estimate of drug-likeness (QED) is 0.447. The summed E-state index contributed by atoms with van der Waals surface area (Å²) >= 11 is 0. The molecule has 1 fully saturated rings. The number of rotatable bonds is 6. The van der Waals surface area contributed by atoms with Crippen LogP contribution in [0.5, 0.6) is 5.75 Å². The summed E-state index contributed by atoms with van der Waals surface area (Å²) in [6.07, 6.45) is -5.19. The van der Waals surface area contributed by atoms with E-state index in [0.717, 1.165) is 12.6 Å². The number of carbonyl (C=O) groups excluding carboxylic acids is 3. The molecule has 2 N–H and O–H groups in total. The van der Waals surface area contributed by atoms with Gasteiger partial charge in [0.1, 0.15) is 11.6 Å². The van der Waals surface area contributed by atoms with Gasteiger partial charge in [-0.2, -0.15) is 13.2 Å². The number of hydrogen-bond acceptors (Lipinski definition) is 5. The Morgan fingerprint density at radius 2 is 1.65 bits per heavy atom. The van der Waals surface area contributed by atoms with Gasteiger partial charge in [0.2, 0.25) is 0 Å². The Balaban J connectivity index is 1.79. The van der Waals surface area contributed by atoms with Gasteiger partial charge in [0.25, 0.3) is 5.91 Å². The molecule has 9 nitrogen and oxygen atoms in total. The lowest BCUT2D eigenvalue weighted by Crippen LogP contribution is -2.52. The molecular weight excluding hydrogens is 498 g/mol. The molecule has 0 unspecified atom stereocenters. The number of hydrazine groups is 1. The molecule has 13 heteroatoms. The number of alkyl halides is 3. The zero-order valence-electron chi connectivity index (χ0n) is 20.3. The molecule has 0 saturated carbocycles. The van der Waals surface area contributed by atoms with Crippen LogP contribution < -0.4 is 20.5 Å². The number of piperazine rings is 1. The average molecular weight is 526 g/mol. The Kier molecular flexibility index (Phi) is 8.92. The number of methoxy groups -OCH3 is 1. The molecule has 0 bridgehead atoms. The van der Waals surface area contributed by atoms with Crippen LogP contribution in [0.3, 0.4) is 0 Å². The van der Waals surface area contributed by atoms with Gasteiger partial charge in [0.15, 0.2) is 0 Å². The molecule has 0 atom stereocenters. The summed E-state index contributed by atoms with van der Waals surface area (Å²) in [7, 11) is 1.51. The van der Waals surface area contributed by atoms with E-state index in [0.29, 0.717) is 37.6 Å². The summed E-state index contributed by atoms with van der Waals surface area (Å²) in [4.78, 5) is 41.7. The lowest BCUT2D eigenvalue weighted by Gasteiger charge is -2.37. The van der Waals surface area contributed by atoms with Crippen molar-refractivity contribution in [2.24, 2.45) is 0 Å². The zero-order chi connectivity index (χ0) is 27.2. The van der Waals surface area contributed by atoms with Gasteiger partial charge in [0.05, 0.1) is 13.7 Å². The van der Waals surface area contributed by atoms with E-state index in [4.69, 9.17) is 4.74 Å². The number of amides is 4. The van der Waals surface area contributed by atoms with E-state index in [1.807, 2.05) is 6.92 Å². The van der Waals surface area contributed by atoms with Gasteiger partial charge in [-0.3, -0.25) is 25.3 Å². The molecule has 1 heterocycles. The molecule has 37 heavy (non-hydrogen) atoms. The number of likely N-dealkylation sites (N-methyl/N-ethyl adjacent to an activating group) is 1. The van der Waals surface area contributed by atoms with Crippen molar-refractivity contribution in [2.45, 2.75) is 19.6 Å². The van der Waals surface area contributed by atoms with E-state index >= 15 is 0 Å². The van der Waals surface area contributed by atoms with Crippen molar-refractivity contribution in [1.29, 1.82) is 0 Å². The van der Waals surface area contributed by atoms with Gasteiger partial charge in [-0.15, -0.1) is 0 Å². The van der Waals surface area contributed by atoms with E-state index in [1.165, 1.54) is 29.6 Å². The average Bonchev–Trinajstić information content (AvgIpc) is 2.90. The minimum atomic E-state index is -5.19. The predicted molar refractivity (Wildman–Crippen MR) is 126 cm³/mol. The Labute approximate surface area is 210 Å². The highest BCUT2D eigenvalue weighted by Gasteiger charge is 2.39. The molecule has 1 aliphatic heterocycles. The third-order valence-corrected chi connectivity index (χ3v) is 5.90. The first-order valence-electron chi connectivity index (χ1n) is 11.4. The van der Waals surface area contributed by atoms with Crippen LogP contribution in [0.15, 0.2) is 42.5 Å². The molecule has 0 radical (unpaired) electrons. The number of anilines is 1. The normalized spacial score (nSPS) is 14.2. The van der Waals surface area contributed by atoms with Crippen LogP contribution in [0.25, 0.3) is 0 Å². The highest BCUT2D eigenvalue weighted by atomic mass is 19.4. The van der Waals surface area contributed by atoms with E-state index in [-0.39, 0.29) is 23.7 Å². The maximum absolute atomic E-state index is 15.0. The van der Waals surface area contributed by atoms with Gasteiger partial charge in [0, 0.05) is 43.0 Å². The number of urea groups is 1. The number of ether oxygens (including phenoxy) is 1. The molecule has 2 aromatic carbocycles. The lowest BCUT2D eigenvalue weighted by atomic mass is 10.1. The molecule has 4 amide bonds. The summed E-state index contributed by atoms with van der Waals surface area (Å²) in [6.45, 7) is 5.17. The standard InChI is InChI=1S/C24H27F4N5O4/c1-3-31-10-12-32(13-11-31)23(36)33(18-6-8-19(37-2)9-7-18)15-17-5-4-16(14-20(17)25)21(34)29-30-22(35)24(26,27)28/h4-9,14H,3,10-13,15H2,1-2H3,(H,29,34)(H,30,35). The van der Waals surface area contributed by atoms with Crippen LogP contribution in [0, 0.1) is 5.82 Å². The van der Waals surface area contributed by atoms with Crippen LogP contribution in [0.4, 0.5) is 28.0 Å². The number of nitrogens with zero attached hydrogens (tertiary/aromatic N) is 3. The third-order valence-electron chi connectivity index (χ3n) is 5.90. The Morgan fingerprint density at radius 1 is 1.00 bits per heavy atom. The monoisotopic (exact) mass is 525 g/mol. The van der Waals surface area contributed by atoms with Crippen molar-refractivity contribution >= 4 is 23.5 Å². The first-order valence-corrected chi connectivity index (χ1v) is 11.4. The molecule has 0 aliphatic carbocycles. The van der Waals surface area contributed by atoms with Crippen molar-refractivity contribution < 1.29 is 36.7 Å². The fourth-order valence-electron chi connectivity index (χ4n) is 3.70. The van der Waals surface area contributed by atoms with E-state index in [2.05, 4.69) is 4.90 Å². The smallest absolute Gasteiger partial charge is 0.472 e. The van der Waals surface area contributed by atoms with Gasteiger partial charge < -0.3 is 14.5 Å². The molecule has 2 aromatic rings. The molecule has 3 rings (SSSR count). The topological polar surface area (TPSA) is 94.2 Å². The van der Waals surface area contributed by atoms with Crippen molar-refractivity contribution in [1.82, 2.24) is 20.7 Å². The Hall–Kier alpha value is -3.87.